The first-order valence-corrected chi connectivity index (χ1v) is 4.78. The maximum atomic E-state index is 11.0. The molecular weight excluding hydrogens is 175 g/mol. The molecule has 0 rings (SSSR count). The molecule has 0 amide bonds. The van der Waals surface area contributed by atoms with Crippen LogP contribution < -0.4 is 0 Å². The van der Waals surface area contributed by atoms with Gasteiger partial charge in [0.25, 0.3) is 0 Å². The summed E-state index contributed by atoms with van der Waals surface area (Å²) in [6, 6.07) is 0. The lowest BCUT2D eigenvalue weighted by Gasteiger charge is -1.90. The van der Waals surface area contributed by atoms with Crippen molar-refractivity contribution in [3.05, 3.63) is 23.7 Å². The number of hydrogen-bond acceptors (Lipinski definition) is 3. The van der Waals surface area contributed by atoms with Crippen LogP contribution in [-0.2, 0) is 13.6 Å². The summed E-state index contributed by atoms with van der Waals surface area (Å²) in [4.78, 5) is 0. The van der Waals surface area contributed by atoms with Gasteiger partial charge >= 0.3 is 8.25 Å². The molecule has 0 aliphatic heterocycles. The van der Waals surface area contributed by atoms with Crippen LogP contribution in [0, 0.1) is 0 Å². The first-order chi connectivity index (χ1) is 5.60. The van der Waals surface area contributed by atoms with E-state index in [9.17, 15) is 4.57 Å². The van der Waals surface area contributed by atoms with Gasteiger partial charge in [-0.3, -0.25) is 0 Å². The van der Waals surface area contributed by atoms with Crippen LogP contribution in [0.4, 0.5) is 0 Å². The summed E-state index contributed by atoms with van der Waals surface area (Å²) in [5.41, 5.74) is 0. The Balaban J connectivity index is 3.91. The van der Waals surface area contributed by atoms with Crippen molar-refractivity contribution in [2.45, 2.75) is 27.7 Å². The Hall–Kier alpha value is -0.820. The Labute approximate surface area is 74.0 Å². The van der Waals surface area contributed by atoms with Crippen molar-refractivity contribution in [3.63, 3.8) is 0 Å². The summed E-state index contributed by atoms with van der Waals surface area (Å²) < 4.78 is 20.8. The van der Waals surface area contributed by atoms with Crippen LogP contribution in [0.5, 0.6) is 0 Å². The van der Waals surface area contributed by atoms with Crippen LogP contribution in [0.2, 0.25) is 0 Å². The summed E-state index contributed by atoms with van der Waals surface area (Å²) in [6.07, 6.45) is 3.45. The van der Waals surface area contributed by atoms with Gasteiger partial charge in [-0.25, -0.2) is 9.05 Å². The van der Waals surface area contributed by atoms with Crippen LogP contribution in [0.25, 0.3) is 0 Å². The quantitative estimate of drug-likeness (QED) is 0.501. The normalized spacial score (nSPS) is 14.2. The Bertz CT molecular complexity index is 196. The maximum Gasteiger partial charge on any atom is 0.804 e. The zero-order valence-corrected chi connectivity index (χ0v) is 8.72. The van der Waals surface area contributed by atoms with E-state index in [4.69, 9.17) is 9.05 Å². The zero-order chi connectivity index (χ0) is 9.56. The molecular formula is C8H14O3P+. The van der Waals surface area contributed by atoms with E-state index in [1.807, 2.05) is 0 Å². The van der Waals surface area contributed by atoms with Crippen LogP contribution in [-0.4, -0.2) is 0 Å². The average molecular weight is 189 g/mol. The van der Waals surface area contributed by atoms with Gasteiger partial charge in [0.05, 0.1) is 0 Å². The molecule has 0 aliphatic carbocycles. The monoisotopic (exact) mass is 189 g/mol. The van der Waals surface area contributed by atoms with Crippen molar-refractivity contribution in [3.8, 4) is 0 Å². The van der Waals surface area contributed by atoms with E-state index in [2.05, 4.69) is 0 Å². The van der Waals surface area contributed by atoms with Crippen molar-refractivity contribution in [1.82, 2.24) is 0 Å². The molecule has 4 heteroatoms. The molecule has 0 aliphatic rings. The largest absolute Gasteiger partial charge is 0.804 e. The fourth-order valence-electron chi connectivity index (χ4n) is 0.359. The van der Waals surface area contributed by atoms with Crippen LogP contribution in [0.3, 0.4) is 0 Å². The zero-order valence-electron chi connectivity index (χ0n) is 7.83. The summed E-state index contributed by atoms with van der Waals surface area (Å²) in [5, 5.41) is 0. The third kappa shape index (κ3) is 4.91. The summed E-state index contributed by atoms with van der Waals surface area (Å²) in [7, 11) is -2.06. The van der Waals surface area contributed by atoms with Gasteiger partial charge in [0.2, 0.25) is 0 Å². The highest BCUT2D eigenvalue weighted by Gasteiger charge is 2.22. The van der Waals surface area contributed by atoms with E-state index in [0.29, 0.717) is 11.5 Å². The second-order valence-electron chi connectivity index (χ2n) is 2.20. The molecule has 3 nitrogen and oxygen atoms in total. The Morgan fingerprint density at radius 3 is 1.67 bits per heavy atom. The lowest BCUT2D eigenvalue weighted by Crippen LogP contribution is -1.81. The maximum absolute atomic E-state index is 11.0. The Morgan fingerprint density at radius 2 is 1.42 bits per heavy atom. The van der Waals surface area contributed by atoms with Crippen molar-refractivity contribution in [1.29, 1.82) is 0 Å². The van der Waals surface area contributed by atoms with Gasteiger partial charge in [-0.1, -0.05) is 0 Å². The molecule has 0 N–H and O–H groups in total. The molecule has 0 radical (unpaired) electrons. The van der Waals surface area contributed by atoms with Crippen molar-refractivity contribution >= 4 is 8.25 Å². The lowest BCUT2D eigenvalue weighted by atomic mass is 10.5. The van der Waals surface area contributed by atoms with Crippen LogP contribution in [0.15, 0.2) is 23.7 Å². The molecule has 0 aromatic rings. The molecule has 0 atom stereocenters. The molecule has 0 aromatic carbocycles. The minimum atomic E-state index is -2.06. The van der Waals surface area contributed by atoms with Crippen molar-refractivity contribution < 1.29 is 13.6 Å². The van der Waals surface area contributed by atoms with E-state index in [1.165, 1.54) is 0 Å². The lowest BCUT2D eigenvalue weighted by molar-refractivity contribution is 0.316. The molecule has 0 fully saturated rings. The number of allylic oxidation sites excluding steroid dienone is 4. The van der Waals surface area contributed by atoms with Gasteiger partial charge in [0.1, 0.15) is 0 Å². The first-order valence-electron chi connectivity index (χ1n) is 3.69. The molecule has 12 heavy (non-hydrogen) atoms. The fourth-order valence-corrected chi connectivity index (χ4v) is 1.08. The van der Waals surface area contributed by atoms with E-state index in [1.54, 1.807) is 39.8 Å². The van der Waals surface area contributed by atoms with E-state index in [-0.39, 0.29) is 0 Å². The van der Waals surface area contributed by atoms with Gasteiger partial charge in [-0.15, -0.1) is 0 Å². The molecule has 68 valence electrons. The Kier molecular flexibility index (Phi) is 5.39. The highest BCUT2D eigenvalue weighted by molar-refractivity contribution is 7.33. The summed E-state index contributed by atoms with van der Waals surface area (Å²) >= 11 is 0. The second-order valence-corrected chi connectivity index (χ2v) is 3.02. The van der Waals surface area contributed by atoms with Crippen molar-refractivity contribution in [2.24, 2.45) is 0 Å². The van der Waals surface area contributed by atoms with E-state index >= 15 is 0 Å². The highest BCUT2D eigenvalue weighted by Crippen LogP contribution is 2.30. The van der Waals surface area contributed by atoms with E-state index in [0.717, 1.165) is 0 Å². The third-order valence-electron chi connectivity index (χ3n) is 1.25. The smallest absolute Gasteiger partial charge is 0.227 e. The SMILES string of the molecule is C/C=C(\C)O[P+](=O)O/C(C)=C/C. The van der Waals surface area contributed by atoms with Crippen LogP contribution >= 0.6 is 8.25 Å². The molecule has 0 saturated carbocycles. The molecule has 0 aromatic heterocycles. The molecule has 0 bridgehead atoms. The third-order valence-corrected chi connectivity index (χ3v) is 2.12. The van der Waals surface area contributed by atoms with Gasteiger partial charge < -0.3 is 0 Å². The van der Waals surface area contributed by atoms with Gasteiger partial charge in [-0.2, -0.15) is 0 Å². The predicted molar refractivity (Wildman–Crippen MR) is 48.6 cm³/mol. The van der Waals surface area contributed by atoms with E-state index < -0.39 is 8.25 Å². The predicted octanol–water partition coefficient (Wildman–Crippen LogP) is 3.52. The minimum absolute atomic E-state index is 0.597. The van der Waals surface area contributed by atoms with Crippen LogP contribution in [0.1, 0.15) is 27.7 Å². The molecule has 0 unspecified atom stereocenters. The molecule has 0 saturated heterocycles. The summed E-state index contributed by atoms with van der Waals surface area (Å²) in [6.45, 7) is 7.06. The standard InChI is InChI=1S/C8H14O3P/c1-5-7(3)10-12(9)11-8(4)6-2/h5-6H,1-4H3/q+1/b7-5+,8-6+. The molecule has 0 spiro atoms. The summed E-state index contributed by atoms with van der Waals surface area (Å²) in [5.74, 6) is 1.19. The molecule has 0 heterocycles. The first kappa shape index (κ1) is 11.2. The number of rotatable bonds is 4. The van der Waals surface area contributed by atoms with Gasteiger partial charge in [0.15, 0.2) is 11.5 Å². The van der Waals surface area contributed by atoms with Gasteiger partial charge in [-0.05, 0) is 39.8 Å². The minimum Gasteiger partial charge on any atom is -0.227 e. The highest BCUT2D eigenvalue weighted by atomic mass is 31.1. The second kappa shape index (κ2) is 5.78. The Morgan fingerprint density at radius 1 is 1.08 bits per heavy atom. The van der Waals surface area contributed by atoms with Gasteiger partial charge in [0, 0.05) is 4.57 Å². The average Bonchev–Trinajstić information content (AvgIpc) is 2.03. The fraction of sp³-hybridized carbons (Fsp3) is 0.500. The number of hydrogen-bond donors (Lipinski definition) is 0. The van der Waals surface area contributed by atoms with Crippen molar-refractivity contribution in [2.75, 3.05) is 0 Å². The topological polar surface area (TPSA) is 35.5 Å².